The Hall–Kier alpha value is -0.150. The van der Waals surface area contributed by atoms with Crippen LogP contribution in [-0.4, -0.2) is 14.0 Å². The first-order valence-electron chi connectivity index (χ1n) is 2.43. The Morgan fingerprint density at radius 1 is 2.00 bits per heavy atom. The standard InChI is InChI=1S/C5H10O2S/c1-3-5(4-2)8(6)7/h3,5H,1,4H2,2H3,(H,6,7)/p-1. The minimum atomic E-state index is -1.97. The molecule has 2 nitrogen and oxygen atoms in total. The maximum Gasteiger partial charge on any atom is 0.0390 e. The van der Waals surface area contributed by atoms with Crippen LogP contribution >= 0.6 is 0 Å². The van der Waals surface area contributed by atoms with Crippen molar-refractivity contribution in [1.29, 1.82) is 0 Å². The fourth-order valence-electron chi connectivity index (χ4n) is 0.381. The summed E-state index contributed by atoms with van der Waals surface area (Å²) in [6.07, 6.45) is 2.04. The summed E-state index contributed by atoms with van der Waals surface area (Å²) in [4.78, 5) is 0. The van der Waals surface area contributed by atoms with E-state index in [0.29, 0.717) is 6.42 Å². The van der Waals surface area contributed by atoms with E-state index in [4.69, 9.17) is 0 Å². The molecule has 0 aromatic rings. The van der Waals surface area contributed by atoms with Crippen LogP contribution in [0, 0.1) is 0 Å². The van der Waals surface area contributed by atoms with Crippen molar-refractivity contribution in [2.75, 3.05) is 0 Å². The quantitative estimate of drug-likeness (QED) is 0.422. The highest BCUT2D eigenvalue weighted by Gasteiger charge is 1.97. The van der Waals surface area contributed by atoms with Gasteiger partial charge in [-0.1, -0.05) is 13.0 Å². The van der Waals surface area contributed by atoms with Gasteiger partial charge in [0.15, 0.2) is 0 Å². The van der Waals surface area contributed by atoms with Gasteiger partial charge < -0.3 is 4.55 Å². The lowest BCUT2D eigenvalue weighted by molar-refractivity contribution is 0.528. The molecule has 0 spiro atoms. The van der Waals surface area contributed by atoms with Gasteiger partial charge >= 0.3 is 0 Å². The van der Waals surface area contributed by atoms with Crippen molar-refractivity contribution in [3.63, 3.8) is 0 Å². The van der Waals surface area contributed by atoms with E-state index in [1.165, 1.54) is 6.08 Å². The molecule has 2 atom stereocenters. The summed E-state index contributed by atoms with van der Waals surface area (Å²) >= 11 is -1.97. The molecule has 0 N–H and O–H groups in total. The molecule has 0 aromatic heterocycles. The summed E-state index contributed by atoms with van der Waals surface area (Å²) in [7, 11) is 0. The molecule has 0 aliphatic carbocycles. The van der Waals surface area contributed by atoms with Crippen LogP contribution in [0.2, 0.25) is 0 Å². The average Bonchev–Trinajstić information content (AvgIpc) is 1.69. The summed E-state index contributed by atoms with van der Waals surface area (Å²) in [6.45, 7) is 5.17. The summed E-state index contributed by atoms with van der Waals surface area (Å²) in [5.41, 5.74) is 0. The maximum absolute atomic E-state index is 10.1. The minimum absolute atomic E-state index is 0.366. The van der Waals surface area contributed by atoms with Crippen LogP contribution in [0.4, 0.5) is 0 Å². The molecule has 2 unspecified atom stereocenters. The van der Waals surface area contributed by atoms with Crippen LogP contribution in [0.5, 0.6) is 0 Å². The molecule has 0 rings (SSSR count). The second-order valence-corrected chi connectivity index (χ2v) is 2.57. The third kappa shape index (κ3) is 2.23. The molecule has 0 bridgehead atoms. The molecule has 0 saturated carbocycles. The highest BCUT2D eigenvalue weighted by atomic mass is 32.2. The van der Waals surface area contributed by atoms with Crippen LogP contribution in [-0.2, 0) is 11.1 Å². The summed E-state index contributed by atoms with van der Waals surface area (Å²) < 4.78 is 20.2. The van der Waals surface area contributed by atoms with Crippen LogP contribution in [0.25, 0.3) is 0 Å². The fourth-order valence-corrected chi connectivity index (χ4v) is 0.811. The van der Waals surface area contributed by atoms with Crippen molar-refractivity contribution in [2.24, 2.45) is 0 Å². The van der Waals surface area contributed by atoms with Crippen molar-refractivity contribution in [3.8, 4) is 0 Å². The predicted octanol–water partition coefficient (Wildman–Crippen LogP) is 0.830. The van der Waals surface area contributed by atoms with E-state index in [1.54, 1.807) is 0 Å². The molecule has 0 amide bonds. The zero-order valence-corrected chi connectivity index (χ0v) is 5.61. The lowest BCUT2D eigenvalue weighted by atomic mass is 10.3. The molecular formula is C5H9O2S-. The van der Waals surface area contributed by atoms with Crippen molar-refractivity contribution >= 4 is 11.1 Å². The average molecular weight is 133 g/mol. The first-order valence-corrected chi connectivity index (χ1v) is 3.56. The lowest BCUT2D eigenvalue weighted by Crippen LogP contribution is -2.08. The Morgan fingerprint density at radius 2 is 2.50 bits per heavy atom. The Morgan fingerprint density at radius 3 is 2.50 bits per heavy atom. The van der Waals surface area contributed by atoms with Gasteiger partial charge in [-0.05, 0) is 17.5 Å². The molecule has 0 aliphatic rings. The molecule has 0 saturated heterocycles. The van der Waals surface area contributed by atoms with Crippen LogP contribution < -0.4 is 0 Å². The van der Waals surface area contributed by atoms with E-state index >= 15 is 0 Å². The van der Waals surface area contributed by atoms with Crippen molar-refractivity contribution < 1.29 is 8.76 Å². The van der Waals surface area contributed by atoms with Crippen LogP contribution in [0.1, 0.15) is 13.3 Å². The SMILES string of the molecule is C=CC(CC)S(=O)[O-]. The van der Waals surface area contributed by atoms with E-state index in [9.17, 15) is 8.76 Å². The summed E-state index contributed by atoms with van der Waals surface area (Å²) in [5, 5.41) is -0.366. The second kappa shape index (κ2) is 3.80. The first-order chi connectivity index (χ1) is 3.72. The molecular weight excluding hydrogens is 124 g/mol. The van der Waals surface area contributed by atoms with Gasteiger partial charge in [-0.3, -0.25) is 4.21 Å². The molecule has 0 radical (unpaired) electrons. The first kappa shape index (κ1) is 7.85. The van der Waals surface area contributed by atoms with Gasteiger partial charge in [-0.2, -0.15) is 0 Å². The number of rotatable bonds is 3. The van der Waals surface area contributed by atoms with Crippen molar-refractivity contribution in [2.45, 2.75) is 18.6 Å². The highest BCUT2D eigenvalue weighted by Crippen LogP contribution is 1.98. The Balaban J connectivity index is 3.69. The van der Waals surface area contributed by atoms with Gasteiger partial charge in [-0.25, -0.2) is 0 Å². The van der Waals surface area contributed by atoms with Gasteiger partial charge in [0.25, 0.3) is 0 Å². The Labute approximate surface area is 51.9 Å². The lowest BCUT2D eigenvalue weighted by Gasteiger charge is -2.11. The van der Waals surface area contributed by atoms with E-state index in [1.807, 2.05) is 6.92 Å². The summed E-state index contributed by atoms with van der Waals surface area (Å²) in [6, 6.07) is 0. The Kier molecular flexibility index (Phi) is 3.73. The van der Waals surface area contributed by atoms with E-state index in [0.717, 1.165) is 0 Å². The van der Waals surface area contributed by atoms with E-state index in [-0.39, 0.29) is 5.25 Å². The minimum Gasteiger partial charge on any atom is -0.772 e. The molecule has 48 valence electrons. The van der Waals surface area contributed by atoms with Crippen LogP contribution in [0.15, 0.2) is 12.7 Å². The van der Waals surface area contributed by atoms with E-state index < -0.39 is 11.1 Å². The van der Waals surface area contributed by atoms with Gasteiger partial charge in [-0.15, -0.1) is 6.58 Å². The monoisotopic (exact) mass is 133 g/mol. The molecule has 0 aliphatic heterocycles. The Bertz CT molecular complexity index is 101. The topological polar surface area (TPSA) is 40.1 Å². The maximum atomic E-state index is 10.1. The zero-order chi connectivity index (χ0) is 6.57. The summed E-state index contributed by atoms with van der Waals surface area (Å²) in [5.74, 6) is 0. The molecule has 0 aromatic carbocycles. The highest BCUT2D eigenvalue weighted by molar-refractivity contribution is 7.80. The third-order valence-corrected chi connectivity index (χ3v) is 1.93. The van der Waals surface area contributed by atoms with Gasteiger partial charge in [0.05, 0.1) is 0 Å². The van der Waals surface area contributed by atoms with Gasteiger partial charge in [0, 0.05) is 5.25 Å². The molecule has 0 fully saturated rings. The second-order valence-electron chi connectivity index (χ2n) is 1.44. The smallest absolute Gasteiger partial charge is 0.0390 e. The van der Waals surface area contributed by atoms with Gasteiger partial charge in [0.1, 0.15) is 0 Å². The normalized spacial score (nSPS) is 17.2. The van der Waals surface area contributed by atoms with Crippen molar-refractivity contribution in [1.82, 2.24) is 0 Å². The fraction of sp³-hybridized carbons (Fsp3) is 0.600. The van der Waals surface area contributed by atoms with E-state index in [2.05, 4.69) is 6.58 Å². The number of hydrogen-bond donors (Lipinski definition) is 0. The largest absolute Gasteiger partial charge is 0.772 e. The van der Waals surface area contributed by atoms with Crippen molar-refractivity contribution in [3.05, 3.63) is 12.7 Å². The predicted molar refractivity (Wildman–Crippen MR) is 33.2 cm³/mol. The van der Waals surface area contributed by atoms with Crippen LogP contribution in [0.3, 0.4) is 0 Å². The number of hydrogen-bond acceptors (Lipinski definition) is 2. The molecule has 3 heteroatoms. The van der Waals surface area contributed by atoms with Gasteiger partial charge in [0.2, 0.25) is 0 Å². The zero-order valence-electron chi connectivity index (χ0n) is 4.79. The molecule has 8 heavy (non-hydrogen) atoms. The molecule has 0 heterocycles. The third-order valence-electron chi connectivity index (χ3n) is 0.912.